The summed E-state index contributed by atoms with van der Waals surface area (Å²) in [5.74, 6) is 0.849. The van der Waals surface area contributed by atoms with Crippen molar-refractivity contribution in [2.45, 2.75) is 52.0 Å². The summed E-state index contributed by atoms with van der Waals surface area (Å²) in [5.41, 5.74) is 8.80. The summed E-state index contributed by atoms with van der Waals surface area (Å²) in [6.45, 7) is 6.75. The van der Waals surface area contributed by atoms with Crippen molar-refractivity contribution in [2.75, 3.05) is 19.6 Å². The van der Waals surface area contributed by atoms with Gasteiger partial charge in [0, 0.05) is 13.1 Å². The Labute approximate surface area is 124 Å². The van der Waals surface area contributed by atoms with E-state index in [-0.39, 0.29) is 0 Å². The van der Waals surface area contributed by atoms with Crippen LogP contribution < -0.4 is 5.73 Å². The van der Waals surface area contributed by atoms with E-state index in [0.29, 0.717) is 0 Å². The highest BCUT2D eigenvalue weighted by Gasteiger charge is 2.15. The van der Waals surface area contributed by atoms with E-state index in [1.54, 1.807) is 5.56 Å². The fourth-order valence-corrected chi connectivity index (χ4v) is 3.43. The van der Waals surface area contributed by atoms with Gasteiger partial charge in [0.1, 0.15) is 0 Å². The molecule has 0 spiro atoms. The zero-order valence-electron chi connectivity index (χ0n) is 13.0. The van der Waals surface area contributed by atoms with Gasteiger partial charge in [-0.3, -0.25) is 4.90 Å². The van der Waals surface area contributed by atoms with Gasteiger partial charge in [0.25, 0.3) is 0 Å². The number of rotatable bonds is 8. The number of hydrogen-bond acceptors (Lipinski definition) is 2. The Morgan fingerprint density at radius 2 is 1.95 bits per heavy atom. The molecule has 1 unspecified atom stereocenters. The molecule has 0 fully saturated rings. The maximum Gasteiger partial charge on any atom is 0.0236 e. The molecule has 1 aliphatic heterocycles. The highest BCUT2D eigenvalue weighted by Crippen LogP contribution is 2.21. The van der Waals surface area contributed by atoms with Crippen LogP contribution in [0.4, 0.5) is 0 Å². The fraction of sp³-hybridized carbons (Fsp3) is 0.667. The van der Waals surface area contributed by atoms with Crippen molar-refractivity contribution in [3.05, 3.63) is 35.4 Å². The normalized spacial score (nSPS) is 16.9. The standard InChI is InChI=1S/C18H30N2/c1-2-6-16(10-12-19)7-5-13-20-14-11-17-8-3-4-9-18(17)15-20/h3-4,8-9,16H,2,5-7,10-15,19H2,1H3. The smallest absolute Gasteiger partial charge is 0.0236 e. The quantitative estimate of drug-likeness (QED) is 0.785. The van der Waals surface area contributed by atoms with Gasteiger partial charge in [-0.1, -0.05) is 44.0 Å². The average Bonchev–Trinajstić information content (AvgIpc) is 2.47. The Morgan fingerprint density at radius 1 is 1.15 bits per heavy atom. The molecule has 0 saturated heterocycles. The zero-order valence-corrected chi connectivity index (χ0v) is 13.0. The van der Waals surface area contributed by atoms with E-state index in [9.17, 15) is 0 Å². The predicted molar refractivity (Wildman–Crippen MR) is 86.7 cm³/mol. The van der Waals surface area contributed by atoms with Crippen molar-refractivity contribution in [3.63, 3.8) is 0 Å². The molecule has 1 heterocycles. The van der Waals surface area contributed by atoms with Gasteiger partial charge < -0.3 is 5.73 Å². The summed E-state index contributed by atoms with van der Waals surface area (Å²) >= 11 is 0. The van der Waals surface area contributed by atoms with Crippen molar-refractivity contribution in [3.8, 4) is 0 Å². The second-order valence-electron chi connectivity index (χ2n) is 6.17. The largest absolute Gasteiger partial charge is 0.330 e. The van der Waals surface area contributed by atoms with Crippen molar-refractivity contribution >= 4 is 0 Å². The molecule has 0 amide bonds. The molecule has 1 aromatic carbocycles. The minimum Gasteiger partial charge on any atom is -0.330 e. The number of fused-ring (bicyclic) bond motifs is 1. The lowest BCUT2D eigenvalue weighted by Gasteiger charge is -2.29. The van der Waals surface area contributed by atoms with E-state index in [1.807, 2.05) is 0 Å². The second-order valence-corrected chi connectivity index (χ2v) is 6.17. The van der Waals surface area contributed by atoms with Crippen LogP contribution in [0.25, 0.3) is 0 Å². The summed E-state index contributed by atoms with van der Waals surface area (Å²) < 4.78 is 0. The van der Waals surface area contributed by atoms with Crippen LogP contribution in [-0.2, 0) is 13.0 Å². The van der Waals surface area contributed by atoms with Gasteiger partial charge in [-0.05, 0) is 55.8 Å². The molecule has 0 bridgehead atoms. The number of nitrogens with zero attached hydrogens (tertiary/aromatic N) is 1. The first kappa shape index (κ1) is 15.5. The Kier molecular flexibility index (Phi) is 6.55. The predicted octanol–water partition coefficient (Wildman–Crippen LogP) is 3.59. The number of hydrogen-bond donors (Lipinski definition) is 1. The molecule has 0 saturated carbocycles. The van der Waals surface area contributed by atoms with Crippen LogP contribution in [0.2, 0.25) is 0 Å². The molecule has 1 aromatic rings. The summed E-state index contributed by atoms with van der Waals surface area (Å²) in [7, 11) is 0. The van der Waals surface area contributed by atoms with Gasteiger partial charge >= 0.3 is 0 Å². The van der Waals surface area contributed by atoms with Crippen LogP contribution in [0, 0.1) is 5.92 Å². The van der Waals surface area contributed by atoms with Crippen molar-refractivity contribution < 1.29 is 0 Å². The van der Waals surface area contributed by atoms with Gasteiger partial charge in [0.2, 0.25) is 0 Å². The van der Waals surface area contributed by atoms with Gasteiger partial charge in [-0.15, -0.1) is 0 Å². The van der Waals surface area contributed by atoms with Crippen molar-refractivity contribution in [2.24, 2.45) is 11.7 Å². The molecule has 112 valence electrons. The molecule has 2 heteroatoms. The summed E-state index contributed by atoms with van der Waals surface area (Å²) in [4.78, 5) is 2.62. The van der Waals surface area contributed by atoms with E-state index in [4.69, 9.17) is 5.73 Å². The van der Waals surface area contributed by atoms with Crippen LogP contribution >= 0.6 is 0 Å². The molecule has 20 heavy (non-hydrogen) atoms. The second kappa shape index (κ2) is 8.43. The maximum absolute atomic E-state index is 5.72. The lowest BCUT2D eigenvalue weighted by Crippen LogP contribution is -2.31. The minimum absolute atomic E-state index is 0.849. The third-order valence-corrected chi connectivity index (χ3v) is 4.57. The fourth-order valence-electron chi connectivity index (χ4n) is 3.43. The zero-order chi connectivity index (χ0) is 14.2. The minimum atomic E-state index is 0.849. The highest BCUT2D eigenvalue weighted by atomic mass is 15.1. The molecule has 1 atom stereocenters. The molecule has 2 rings (SSSR count). The lowest BCUT2D eigenvalue weighted by atomic mass is 9.94. The molecular formula is C18H30N2. The molecule has 2 nitrogen and oxygen atoms in total. The molecule has 0 aromatic heterocycles. The average molecular weight is 274 g/mol. The van der Waals surface area contributed by atoms with Crippen LogP contribution in [0.1, 0.15) is 50.2 Å². The van der Waals surface area contributed by atoms with Crippen LogP contribution in [0.5, 0.6) is 0 Å². The van der Waals surface area contributed by atoms with Gasteiger partial charge in [-0.2, -0.15) is 0 Å². The third-order valence-electron chi connectivity index (χ3n) is 4.57. The monoisotopic (exact) mass is 274 g/mol. The third kappa shape index (κ3) is 4.60. The molecule has 2 N–H and O–H groups in total. The molecular weight excluding hydrogens is 244 g/mol. The molecule has 0 aliphatic carbocycles. The van der Waals surface area contributed by atoms with E-state index >= 15 is 0 Å². The SMILES string of the molecule is CCCC(CCN)CCCN1CCc2ccccc2C1. The van der Waals surface area contributed by atoms with Crippen molar-refractivity contribution in [1.29, 1.82) is 0 Å². The van der Waals surface area contributed by atoms with E-state index in [2.05, 4.69) is 36.1 Å². The number of benzene rings is 1. The van der Waals surface area contributed by atoms with Gasteiger partial charge in [0.05, 0.1) is 0 Å². The Balaban J connectivity index is 1.73. The Bertz CT molecular complexity index is 383. The highest BCUT2D eigenvalue weighted by molar-refractivity contribution is 5.28. The first-order chi connectivity index (χ1) is 9.83. The Hall–Kier alpha value is -0.860. The van der Waals surface area contributed by atoms with Crippen LogP contribution in [0.3, 0.4) is 0 Å². The van der Waals surface area contributed by atoms with E-state index in [1.165, 1.54) is 57.2 Å². The Morgan fingerprint density at radius 3 is 2.70 bits per heavy atom. The maximum atomic E-state index is 5.72. The van der Waals surface area contributed by atoms with E-state index in [0.717, 1.165) is 19.0 Å². The first-order valence-electron chi connectivity index (χ1n) is 8.32. The molecule has 0 radical (unpaired) electrons. The summed E-state index contributed by atoms with van der Waals surface area (Å²) in [6, 6.07) is 8.90. The summed E-state index contributed by atoms with van der Waals surface area (Å²) in [6.07, 6.45) is 7.74. The number of nitrogens with two attached hydrogens (primary N) is 1. The van der Waals surface area contributed by atoms with Crippen molar-refractivity contribution in [1.82, 2.24) is 4.90 Å². The lowest BCUT2D eigenvalue weighted by molar-refractivity contribution is 0.239. The topological polar surface area (TPSA) is 29.3 Å². The first-order valence-corrected chi connectivity index (χ1v) is 8.32. The van der Waals surface area contributed by atoms with Crippen LogP contribution in [0.15, 0.2) is 24.3 Å². The molecule has 1 aliphatic rings. The van der Waals surface area contributed by atoms with Gasteiger partial charge in [0.15, 0.2) is 0 Å². The summed E-state index contributed by atoms with van der Waals surface area (Å²) in [5, 5.41) is 0. The van der Waals surface area contributed by atoms with Gasteiger partial charge in [-0.25, -0.2) is 0 Å². The van der Waals surface area contributed by atoms with Crippen LogP contribution in [-0.4, -0.2) is 24.5 Å². The van der Waals surface area contributed by atoms with E-state index < -0.39 is 0 Å².